The number of methoxy groups -OCH3 is 2. The van der Waals surface area contributed by atoms with Gasteiger partial charge in [-0.15, -0.1) is 0 Å². The number of nitrogens with one attached hydrogen (secondary N) is 1. The van der Waals surface area contributed by atoms with E-state index in [1.165, 1.54) is 6.42 Å². The van der Waals surface area contributed by atoms with Crippen molar-refractivity contribution in [1.29, 1.82) is 0 Å². The molecule has 0 spiro atoms. The van der Waals surface area contributed by atoms with Crippen LogP contribution in [-0.2, 0) is 11.3 Å². The van der Waals surface area contributed by atoms with E-state index in [1.54, 1.807) is 14.2 Å². The van der Waals surface area contributed by atoms with E-state index in [4.69, 9.17) is 14.2 Å². The third-order valence-electron chi connectivity index (χ3n) is 3.23. The van der Waals surface area contributed by atoms with Crippen molar-refractivity contribution < 1.29 is 14.2 Å². The number of rotatable bonds is 5. The maximum Gasteiger partial charge on any atom is 0.165 e. The van der Waals surface area contributed by atoms with Crippen LogP contribution in [-0.4, -0.2) is 33.5 Å². The fourth-order valence-electron chi connectivity index (χ4n) is 2.25. The van der Waals surface area contributed by atoms with Crippen molar-refractivity contribution in [2.24, 2.45) is 0 Å². The molecule has 18 heavy (non-hydrogen) atoms. The van der Waals surface area contributed by atoms with Gasteiger partial charge in [-0.25, -0.2) is 0 Å². The fourth-order valence-corrected chi connectivity index (χ4v) is 2.25. The first kappa shape index (κ1) is 13.2. The Labute approximate surface area is 108 Å². The van der Waals surface area contributed by atoms with E-state index >= 15 is 0 Å². The van der Waals surface area contributed by atoms with Crippen molar-refractivity contribution in [3.8, 4) is 11.5 Å². The van der Waals surface area contributed by atoms with Gasteiger partial charge in [0.25, 0.3) is 0 Å². The minimum Gasteiger partial charge on any atom is -0.493 e. The summed E-state index contributed by atoms with van der Waals surface area (Å²) in [4.78, 5) is 0. The smallest absolute Gasteiger partial charge is 0.165 e. The SMILES string of the molecule is COc1cccc(CN[C@H]2CCCOC2)c1OC. The van der Waals surface area contributed by atoms with Crippen LogP contribution in [0.4, 0.5) is 0 Å². The minimum absolute atomic E-state index is 0.439. The van der Waals surface area contributed by atoms with E-state index in [2.05, 4.69) is 11.4 Å². The molecule has 0 amide bonds. The van der Waals surface area contributed by atoms with Crippen LogP contribution in [0.15, 0.2) is 18.2 Å². The molecule has 1 heterocycles. The Balaban J connectivity index is 1.99. The van der Waals surface area contributed by atoms with E-state index in [-0.39, 0.29) is 0 Å². The van der Waals surface area contributed by atoms with Gasteiger partial charge in [0.2, 0.25) is 0 Å². The molecule has 4 nitrogen and oxygen atoms in total. The molecule has 0 bridgehead atoms. The Morgan fingerprint density at radius 1 is 1.33 bits per heavy atom. The molecule has 1 fully saturated rings. The van der Waals surface area contributed by atoms with Crippen LogP contribution in [0.1, 0.15) is 18.4 Å². The first-order valence-electron chi connectivity index (χ1n) is 6.36. The van der Waals surface area contributed by atoms with Gasteiger partial charge in [-0.1, -0.05) is 12.1 Å². The van der Waals surface area contributed by atoms with Crippen molar-refractivity contribution in [3.63, 3.8) is 0 Å². The minimum atomic E-state index is 0.439. The molecule has 0 unspecified atom stereocenters. The van der Waals surface area contributed by atoms with Crippen LogP contribution >= 0.6 is 0 Å². The van der Waals surface area contributed by atoms with Gasteiger partial charge in [0.05, 0.1) is 20.8 Å². The summed E-state index contributed by atoms with van der Waals surface area (Å²) in [6, 6.07) is 6.38. The summed E-state index contributed by atoms with van der Waals surface area (Å²) in [5, 5.41) is 3.50. The lowest BCUT2D eigenvalue weighted by Gasteiger charge is -2.23. The van der Waals surface area contributed by atoms with Gasteiger partial charge in [-0.2, -0.15) is 0 Å². The summed E-state index contributed by atoms with van der Waals surface area (Å²) in [5.41, 5.74) is 1.11. The highest BCUT2D eigenvalue weighted by Crippen LogP contribution is 2.30. The summed E-state index contributed by atoms with van der Waals surface area (Å²) in [5.74, 6) is 1.58. The number of benzene rings is 1. The largest absolute Gasteiger partial charge is 0.493 e. The summed E-state index contributed by atoms with van der Waals surface area (Å²) >= 11 is 0. The highest BCUT2D eigenvalue weighted by molar-refractivity contribution is 5.46. The molecule has 2 rings (SSSR count). The van der Waals surface area contributed by atoms with Gasteiger partial charge in [0, 0.05) is 24.8 Å². The van der Waals surface area contributed by atoms with Crippen molar-refractivity contribution in [3.05, 3.63) is 23.8 Å². The van der Waals surface area contributed by atoms with Crippen molar-refractivity contribution in [1.82, 2.24) is 5.32 Å². The summed E-state index contributed by atoms with van der Waals surface area (Å²) in [6.07, 6.45) is 2.30. The first-order chi connectivity index (χ1) is 8.85. The summed E-state index contributed by atoms with van der Waals surface area (Å²) in [6.45, 7) is 2.46. The molecule has 0 radical (unpaired) electrons. The molecule has 1 aromatic rings. The molecule has 1 N–H and O–H groups in total. The molecular formula is C14H21NO3. The van der Waals surface area contributed by atoms with E-state index in [0.717, 1.165) is 43.2 Å². The van der Waals surface area contributed by atoms with Crippen LogP contribution in [0.25, 0.3) is 0 Å². The van der Waals surface area contributed by atoms with Gasteiger partial charge in [0.1, 0.15) is 0 Å². The number of ether oxygens (including phenoxy) is 3. The monoisotopic (exact) mass is 251 g/mol. The first-order valence-corrected chi connectivity index (χ1v) is 6.36. The number of para-hydroxylation sites is 1. The molecular weight excluding hydrogens is 230 g/mol. The van der Waals surface area contributed by atoms with Crippen LogP contribution < -0.4 is 14.8 Å². The normalized spacial score (nSPS) is 19.6. The second-order valence-electron chi connectivity index (χ2n) is 4.45. The standard InChI is InChI=1S/C14H21NO3/c1-16-13-7-3-5-11(14(13)17-2)9-15-12-6-4-8-18-10-12/h3,5,7,12,15H,4,6,8-10H2,1-2H3/t12-/m0/s1. The topological polar surface area (TPSA) is 39.7 Å². The zero-order chi connectivity index (χ0) is 12.8. The Morgan fingerprint density at radius 2 is 2.22 bits per heavy atom. The van der Waals surface area contributed by atoms with Gasteiger partial charge in [-0.3, -0.25) is 0 Å². The maximum atomic E-state index is 5.45. The van der Waals surface area contributed by atoms with Gasteiger partial charge < -0.3 is 19.5 Å². The molecule has 1 aromatic carbocycles. The molecule has 100 valence electrons. The fraction of sp³-hybridized carbons (Fsp3) is 0.571. The Morgan fingerprint density at radius 3 is 2.89 bits per heavy atom. The lowest BCUT2D eigenvalue weighted by Crippen LogP contribution is -2.36. The Kier molecular flexibility index (Phi) is 4.84. The molecule has 1 aliphatic heterocycles. The second kappa shape index (κ2) is 6.61. The quantitative estimate of drug-likeness (QED) is 0.868. The predicted octanol–water partition coefficient (Wildman–Crippen LogP) is 1.97. The molecule has 0 saturated carbocycles. The van der Waals surface area contributed by atoms with E-state index < -0.39 is 0 Å². The predicted molar refractivity (Wildman–Crippen MR) is 70.2 cm³/mol. The average molecular weight is 251 g/mol. The lowest BCUT2D eigenvalue weighted by molar-refractivity contribution is 0.0698. The average Bonchev–Trinajstić information content (AvgIpc) is 2.45. The van der Waals surface area contributed by atoms with Gasteiger partial charge in [0.15, 0.2) is 11.5 Å². The third kappa shape index (κ3) is 3.15. The Hall–Kier alpha value is -1.26. The van der Waals surface area contributed by atoms with Gasteiger partial charge >= 0.3 is 0 Å². The Bertz CT molecular complexity index is 375. The van der Waals surface area contributed by atoms with Crippen molar-refractivity contribution >= 4 is 0 Å². The highest BCUT2D eigenvalue weighted by Gasteiger charge is 2.15. The van der Waals surface area contributed by atoms with E-state index in [9.17, 15) is 0 Å². The summed E-state index contributed by atoms with van der Waals surface area (Å²) < 4.78 is 16.2. The molecule has 1 saturated heterocycles. The molecule has 0 aromatic heterocycles. The second-order valence-corrected chi connectivity index (χ2v) is 4.45. The molecule has 0 aliphatic carbocycles. The zero-order valence-corrected chi connectivity index (χ0v) is 11.1. The summed E-state index contributed by atoms with van der Waals surface area (Å²) in [7, 11) is 3.33. The van der Waals surface area contributed by atoms with Crippen LogP contribution in [0.5, 0.6) is 11.5 Å². The zero-order valence-electron chi connectivity index (χ0n) is 11.1. The van der Waals surface area contributed by atoms with Crippen molar-refractivity contribution in [2.45, 2.75) is 25.4 Å². The van der Waals surface area contributed by atoms with E-state index in [0.29, 0.717) is 6.04 Å². The molecule has 4 heteroatoms. The van der Waals surface area contributed by atoms with Gasteiger partial charge in [-0.05, 0) is 18.9 Å². The molecule has 1 aliphatic rings. The van der Waals surface area contributed by atoms with Crippen molar-refractivity contribution in [2.75, 3.05) is 27.4 Å². The van der Waals surface area contributed by atoms with Crippen LogP contribution in [0, 0.1) is 0 Å². The maximum absolute atomic E-state index is 5.45. The van der Waals surface area contributed by atoms with Crippen LogP contribution in [0.3, 0.4) is 0 Å². The number of hydrogen-bond donors (Lipinski definition) is 1. The highest BCUT2D eigenvalue weighted by atomic mass is 16.5. The lowest BCUT2D eigenvalue weighted by atomic mass is 10.1. The number of hydrogen-bond acceptors (Lipinski definition) is 4. The van der Waals surface area contributed by atoms with Crippen LogP contribution in [0.2, 0.25) is 0 Å². The van der Waals surface area contributed by atoms with E-state index in [1.807, 2.05) is 12.1 Å². The molecule has 1 atom stereocenters. The third-order valence-corrected chi connectivity index (χ3v) is 3.23.